The van der Waals surface area contributed by atoms with Crippen LogP contribution in [0.2, 0.25) is 5.02 Å². The number of amides is 2. The van der Waals surface area contributed by atoms with Gasteiger partial charge in [0.1, 0.15) is 0 Å². The van der Waals surface area contributed by atoms with E-state index in [1.807, 2.05) is 41.3 Å². The fourth-order valence-electron chi connectivity index (χ4n) is 4.12. The van der Waals surface area contributed by atoms with Gasteiger partial charge in [0.25, 0.3) is 0 Å². The Morgan fingerprint density at radius 2 is 1.50 bits per heavy atom. The molecular formula is C22H26ClN5O2. The molecule has 2 aliphatic rings. The van der Waals surface area contributed by atoms with Gasteiger partial charge >= 0.3 is 0 Å². The number of piperazine rings is 1. The van der Waals surface area contributed by atoms with Crippen molar-refractivity contribution in [2.45, 2.75) is 19.8 Å². The van der Waals surface area contributed by atoms with Gasteiger partial charge in [0.15, 0.2) is 5.82 Å². The second-order valence-corrected chi connectivity index (χ2v) is 8.31. The van der Waals surface area contributed by atoms with Crippen molar-refractivity contribution in [1.29, 1.82) is 0 Å². The van der Waals surface area contributed by atoms with Crippen molar-refractivity contribution >= 4 is 29.2 Å². The summed E-state index contributed by atoms with van der Waals surface area (Å²) in [7, 11) is 0. The predicted octanol–water partition coefficient (Wildman–Crippen LogP) is 2.70. The minimum Gasteiger partial charge on any atom is -0.355 e. The van der Waals surface area contributed by atoms with E-state index in [1.54, 1.807) is 11.8 Å². The molecular weight excluding hydrogens is 402 g/mol. The van der Waals surface area contributed by atoms with Crippen LogP contribution in [0.4, 0.5) is 5.82 Å². The topological polar surface area (TPSA) is 69.6 Å². The van der Waals surface area contributed by atoms with E-state index < -0.39 is 0 Å². The molecule has 0 spiro atoms. The Hall–Kier alpha value is -2.67. The highest BCUT2D eigenvalue weighted by atomic mass is 35.5. The van der Waals surface area contributed by atoms with Gasteiger partial charge in [0.05, 0.1) is 5.69 Å². The molecule has 0 atom stereocenters. The van der Waals surface area contributed by atoms with Crippen molar-refractivity contribution < 1.29 is 9.59 Å². The van der Waals surface area contributed by atoms with Crippen molar-refractivity contribution in [1.82, 2.24) is 20.0 Å². The second-order valence-electron chi connectivity index (χ2n) is 7.88. The Bertz CT molecular complexity index is 887. The minimum absolute atomic E-state index is 0.0476. The summed E-state index contributed by atoms with van der Waals surface area (Å²) < 4.78 is 0. The molecule has 0 unspecified atom stereocenters. The molecule has 30 heavy (non-hydrogen) atoms. The molecule has 7 nitrogen and oxygen atoms in total. The number of rotatable bonds is 3. The Labute approximate surface area is 181 Å². The monoisotopic (exact) mass is 427 g/mol. The first kappa shape index (κ1) is 20.6. The summed E-state index contributed by atoms with van der Waals surface area (Å²) in [6.45, 7) is 5.70. The van der Waals surface area contributed by atoms with Gasteiger partial charge in [-0.25, -0.2) is 0 Å². The quantitative estimate of drug-likeness (QED) is 0.753. The third-order valence-corrected chi connectivity index (χ3v) is 6.25. The van der Waals surface area contributed by atoms with Crippen LogP contribution < -0.4 is 4.90 Å². The van der Waals surface area contributed by atoms with E-state index >= 15 is 0 Å². The molecule has 1 aromatic carbocycles. The van der Waals surface area contributed by atoms with E-state index in [2.05, 4.69) is 15.1 Å². The first-order chi connectivity index (χ1) is 14.5. The van der Waals surface area contributed by atoms with Crippen LogP contribution in [-0.4, -0.2) is 71.1 Å². The summed E-state index contributed by atoms with van der Waals surface area (Å²) in [6, 6.07) is 11.5. The molecule has 2 aliphatic heterocycles. The minimum atomic E-state index is 0.0476. The van der Waals surface area contributed by atoms with Crippen LogP contribution in [0, 0.1) is 5.92 Å². The molecule has 0 radical (unpaired) electrons. The van der Waals surface area contributed by atoms with E-state index in [-0.39, 0.29) is 17.7 Å². The molecule has 2 aromatic rings. The van der Waals surface area contributed by atoms with Crippen LogP contribution in [0.15, 0.2) is 36.4 Å². The number of carbonyl (C=O) groups excluding carboxylic acids is 2. The van der Waals surface area contributed by atoms with Gasteiger partial charge < -0.3 is 14.7 Å². The smallest absolute Gasteiger partial charge is 0.225 e. The second kappa shape index (κ2) is 9.00. The molecule has 1 aromatic heterocycles. The molecule has 2 saturated heterocycles. The normalized spacial score (nSPS) is 17.9. The Morgan fingerprint density at radius 1 is 0.867 bits per heavy atom. The first-order valence-corrected chi connectivity index (χ1v) is 10.8. The van der Waals surface area contributed by atoms with Crippen molar-refractivity contribution in [2.24, 2.45) is 5.92 Å². The van der Waals surface area contributed by atoms with Gasteiger partial charge in [-0.1, -0.05) is 23.7 Å². The number of hydrogen-bond donors (Lipinski definition) is 0. The third kappa shape index (κ3) is 4.56. The van der Waals surface area contributed by atoms with Crippen LogP contribution in [0.5, 0.6) is 0 Å². The fourth-order valence-corrected chi connectivity index (χ4v) is 4.25. The Kier molecular flexibility index (Phi) is 6.18. The molecule has 0 aliphatic carbocycles. The zero-order chi connectivity index (χ0) is 21.1. The lowest BCUT2D eigenvalue weighted by Crippen LogP contribution is -2.52. The fraction of sp³-hybridized carbons (Fsp3) is 0.455. The lowest BCUT2D eigenvalue weighted by molar-refractivity contribution is -0.141. The SMILES string of the molecule is CC(=O)N1CCN(C(=O)C2CCN(c3ccc(-c4ccc(Cl)cc4)nn3)CC2)CC1. The third-order valence-electron chi connectivity index (χ3n) is 6.00. The van der Waals surface area contributed by atoms with Crippen LogP contribution >= 0.6 is 11.6 Å². The number of halogens is 1. The zero-order valence-electron chi connectivity index (χ0n) is 17.1. The highest BCUT2D eigenvalue weighted by Gasteiger charge is 2.31. The Balaban J connectivity index is 1.30. The molecule has 8 heteroatoms. The lowest BCUT2D eigenvalue weighted by Gasteiger charge is -2.38. The van der Waals surface area contributed by atoms with Gasteiger partial charge in [-0.2, -0.15) is 0 Å². The number of anilines is 1. The summed E-state index contributed by atoms with van der Waals surface area (Å²) in [5.41, 5.74) is 1.79. The van der Waals surface area contributed by atoms with E-state index in [9.17, 15) is 9.59 Å². The van der Waals surface area contributed by atoms with Crippen molar-refractivity contribution in [2.75, 3.05) is 44.2 Å². The van der Waals surface area contributed by atoms with Gasteiger partial charge in [-0.3, -0.25) is 9.59 Å². The average Bonchev–Trinajstić information content (AvgIpc) is 2.79. The molecule has 158 valence electrons. The Morgan fingerprint density at radius 3 is 2.07 bits per heavy atom. The van der Waals surface area contributed by atoms with Crippen molar-refractivity contribution in [3.63, 3.8) is 0 Å². The number of aromatic nitrogens is 2. The largest absolute Gasteiger partial charge is 0.355 e. The summed E-state index contributed by atoms with van der Waals surface area (Å²) in [5.74, 6) is 1.20. The molecule has 2 fully saturated rings. The predicted molar refractivity (Wildman–Crippen MR) is 116 cm³/mol. The van der Waals surface area contributed by atoms with Gasteiger partial charge in [0, 0.05) is 62.7 Å². The van der Waals surface area contributed by atoms with Gasteiger partial charge in [-0.15, -0.1) is 10.2 Å². The zero-order valence-corrected chi connectivity index (χ0v) is 17.9. The highest BCUT2D eigenvalue weighted by Crippen LogP contribution is 2.25. The van der Waals surface area contributed by atoms with Crippen molar-refractivity contribution in [3.8, 4) is 11.3 Å². The number of benzene rings is 1. The summed E-state index contributed by atoms with van der Waals surface area (Å²) in [5, 5.41) is 9.45. The maximum Gasteiger partial charge on any atom is 0.225 e. The van der Waals surface area contributed by atoms with E-state index in [4.69, 9.17) is 11.6 Å². The van der Waals surface area contributed by atoms with Crippen LogP contribution in [0.3, 0.4) is 0 Å². The van der Waals surface area contributed by atoms with Crippen LogP contribution in [0.1, 0.15) is 19.8 Å². The summed E-state index contributed by atoms with van der Waals surface area (Å²) >= 11 is 5.94. The maximum absolute atomic E-state index is 12.9. The van der Waals surface area contributed by atoms with E-state index in [1.165, 1.54) is 0 Å². The van der Waals surface area contributed by atoms with E-state index in [0.717, 1.165) is 43.0 Å². The van der Waals surface area contributed by atoms with Crippen LogP contribution in [-0.2, 0) is 9.59 Å². The molecule has 0 bridgehead atoms. The molecule has 0 saturated carbocycles. The number of piperidine rings is 1. The average molecular weight is 428 g/mol. The lowest BCUT2D eigenvalue weighted by atomic mass is 9.95. The van der Waals surface area contributed by atoms with Crippen molar-refractivity contribution in [3.05, 3.63) is 41.4 Å². The number of hydrogen-bond acceptors (Lipinski definition) is 5. The molecule has 3 heterocycles. The molecule has 4 rings (SSSR count). The van der Waals surface area contributed by atoms with Gasteiger partial charge in [-0.05, 0) is 37.1 Å². The van der Waals surface area contributed by atoms with Gasteiger partial charge in [0.2, 0.25) is 11.8 Å². The number of nitrogens with zero attached hydrogens (tertiary/aromatic N) is 5. The van der Waals surface area contributed by atoms with E-state index in [0.29, 0.717) is 31.2 Å². The molecule has 2 amide bonds. The summed E-state index contributed by atoms with van der Waals surface area (Å²) in [6.07, 6.45) is 1.62. The first-order valence-electron chi connectivity index (χ1n) is 10.4. The standard InChI is InChI=1S/C22H26ClN5O2/c1-16(29)26-12-14-28(15-13-26)22(30)18-8-10-27(11-9-18)21-7-6-20(24-25-21)17-2-4-19(23)5-3-17/h2-7,18H,8-15H2,1H3. The molecule has 0 N–H and O–H groups in total. The maximum atomic E-state index is 12.9. The summed E-state index contributed by atoms with van der Waals surface area (Å²) in [4.78, 5) is 30.2. The highest BCUT2D eigenvalue weighted by molar-refractivity contribution is 6.30. The van der Waals surface area contributed by atoms with Crippen LogP contribution in [0.25, 0.3) is 11.3 Å². The number of carbonyl (C=O) groups is 2.